The lowest BCUT2D eigenvalue weighted by atomic mass is 10.1. The molecule has 1 atom stereocenters. The highest BCUT2D eigenvalue weighted by Crippen LogP contribution is 2.26. The number of carbonyl (C=O) groups is 2. The second-order valence-electron chi connectivity index (χ2n) is 7.19. The van der Waals surface area contributed by atoms with Gasteiger partial charge in [-0.05, 0) is 50.1 Å². The van der Waals surface area contributed by atoms with E-state index in [1.165, 1.54) is 16.4 Å². The molecule has 162 valence electrons. The first kappa shape index (κ1) is 22.5. The number of para-hydroxylation sites is 2. The average molecular weight is 441 g/mol. The van der Waals surface area contributed by atoms with E-state index in [4.69, 9.17) is 11.6 Å². The number of halogens is 1. The van der Waals surface area contributed by atoms with Crippen LogP contribution in [0.5, 0.6) is 0 Å². The fourth-order valence-corrected chi connectivity index (χ4v) is 3.77. The van der Waals surface area contributed by atoms with E-state index in [9.17, 15) is 14.4 Å². The second kappa shape index (κ2) is 9.31. The van der Waals surface area contributed by atoms with Crippen molar-refractivity contribution in [1.82, 2.24) is 9.55 Å². The molecule has 1 unspecified atom stereocenters. The average Bonchev–Trinajstić information content (AvgIpc) is 2.74. The van der Waals surface area contributed by atoms with Crippen LogP contribution in [0.4, 0.5) is 11.5 Å². The van der Waals surface area contributed by atoms with Gasteiger partial charge in [-0.25, -0.2) is 4.98 Å². The minimum atomic E-state index is -0.803. The molecule has 8 heteroatoms. The maximum atomic E-state index is 13.5. The van der Waals surface area contributed by atoms with Gasteiger partial charge >= 0.3 is 0 Å². The monoisotopic (exact) mass is 440 g/mol. The fourth-order valence-electron chi connectivity index (χ4n) is 3.59. The molecule has 0 aliphatic carbocycles. The summed E-state index contributed by atoms with van der Waals surface area (Å²) >= 11 is 6.18. The lowest BCUT2D eigenvalue weighted by Crippen LogP contribution is -2.40. The van der Waals surface area contributed by atoms with Crippen molar-refractivity contribution in [3.05, 3.63) is 63.4 Å². The van der Waals surface area contributed by atoms with Gasteiger partial charge in [-0.2, -0.15) is 0 Å². The molecule has 0 aliphatic heterocycles. The van der Waals surface area contributed by atoms with Crippen LogP contribution in [0, 0.1) is 6.92 Å². The SMILES string of the molecule is CCC(C(=O)Nc1cccc(Cl)c1C)n1c(=O)c(N(CC)C(C)=O)nc2ccccc21. The summed E-state index contributed by atoms with van der Waals surface area (Å²) in [5.41, 5.74) is 1.90. The maximum Gasteiger partial charge on any atom is 0.295 e. The number of anilines is 2. The summed E-state index contributed by atoms with van der Waals surface area (Å²) in [4.78, 5) is 44.6. The highest BCUT2D eigenvalue weighted by molar-refractivity contribution is 6.31. The molecule has 0 radical (unpaired) electrons. The van der Waals surface area contributed by atoms with E-state index in [0.29, 0.717) is 34.7 Å². The topological polar surface area (TPSA) is 84.3 Å². The highest BCUT2D eigenvalue weighted by Gasteiger charge is 2.26. The summed E-state index contributed by atoms with van der Waals surface area (Å²) in [6, 6.07) is 11.6. The Hall–Kier alpha value is -3.19. The Bertz CT molecular complexity index is 1210. The third-order valence-electron chi connectivity index (χ3n) is 5.26. The molecule has 3 aromatic rings. The van der Waals surface area contributed by atoms with Crippen molar-refractivity contribution in [1.29, 1.82) is 0 Å². The summed E-state index contributed by atoms with van der Waals surface area (Å²) < 4.78 is 1.43. The number of amides is 2. The van der Waals surface area contributed by atoms with Gasteiger partial charge in [0.15, 0.2) is 0 Å². The summed E-state index contributed by atoms with van der Waals surface area (Å²) in [7, 11) is 0. The number of rotatable bonds is 6. The molecule has 2 aromatic carbocycles. The quantitative estimate of drug-likeness (QED) is 0.618. The van der Waals surface area contributed by atoms with Gasteiger partial charge in [0.2, 0.25) is 17.6 Å². The van der Waals surface area contributed by atoms with E-state index in [1.54, 1.807) is 49.4 Å². The zero-order valence-corrected chi connectivity index (χ0v) is 18.7. The number of carbonyl (C=O) groups excluding carboxylic acids is 2. The molecule has 3 rings (SSSR count). The van der Waals surface area contributed by atoms with Gasteiger partial charge in [0, 0.05) is 24.2 Å². The predicted molar refractivity (Wildman–Crippen MR) is 124 cm³/mol. The van der Waals surface area contributed by atoms with Gasteiger partial charge in [-0.1, -0.05) is 36.7 Å². The van der Waals surface area contributed by atoms with Crippen LogP contribution in [0.1, 0.15) is 38.8 Å². The van der Waals surface area contributed by atoms with Crippen LogP contribution in [-0.4, -0.2) is 27.9 Å². The van der Waals surface area contributed by atoms with Crippen LogP contribution in [-0.2, 0) is 9.59 Å². The van der Waals surface area contributed by atoms with Gasteiger partial charge in [0.05, 0.1) is 11.0 Å². The number of nitrogens with zero attached hydrogens (tertiary/aromatic N) is 3. The molecule has 31 heavy (non-hydrogen) atoms. The van der Waals surface area contributed by atoms with E-state index < -0.39 is 11.6 Å². The number of fused-ring (bicyclic) bond motifs is 1. The smallest absolute Gasteiger partial charge is 0.295 e. The number of hydrogen-bond donors (Lipinski definition) is 1. The first-order chi connectivity index (χ1) is 14.8. The van der Waals surface area contributed by atoms with E-state index in [2.05, 4.69) is 10.3 Å². The number of hydrogen-bond acceptors (Lipinski definition) is 4. The van der Waals surface area contributed by atoms with Crippen LogP contribution in [0.3, 0.4) is 0 Å². The maximum absolute atomic E-state index is 13.5. The van der Waals surface area contributed by atoms with Crippen molar-refractivity contribution in [2.45, 2.75) is 40.2 Å². The van der Waals surface area contributed by atoms with Crippen LogP contribution in [0.15, 0.2) is 47.3 Å². The van der Waals surface area contributed by atoms with E-state index in [1.807, 2.05) is 13.8 Å². The molecule has 0 saturated heterocycles. The number of nitrogens with one attached hydrogen (secondary N) is 1. The summed E-state index contributed by atoms with van der Waals surface area (Å²) in [5, 5.41) is 3.44. The number of aromatic nitrogens is 2. The zero-order valence-electron chi connectivity index (χ0n) is 18.0. The molecular formula is C23H25ClN4O3. The Morgan fingerprint density at radius 3 is 2.52 bits per heavy atom. The van der Waals surface area contributed by atoms with Gasteiger partial charge in [0.25, 0.3) is 5.56 Å². The first-order valence-electron chi connectivity index (χ1n) is 10.1. The molecule has 2 amide bonds. The molecule has 0 saturated carbocycles. The largest absolute Gasteiger partial charge is 0.324 e. The Kier molecular flexibility index (Phi) is 6.75. The van der Waals surface area contributed by atoms with Crippen LogP contribution < -0.4 is 15.8 Å². The summed E-state index contributed by atoms with van der Waals surface area (Å²) in [5.74, 6) is -0.622. The summed E-state index contributed by atoms with van der Waals surface area (Å²) in [6.07, 6.45) is 0.366. The van der Waals surface area contributed by atoms with Gasteiger partial charge in [0.1, 0.15) is 6.04 Å². The van der Waals surface area contributed by atoms with Crippen molar-refractivity contribution in [2.24, 2.45) is 0 Å². The minimum absolute atomic E-state index is 0.0129. The van der Waals surface area contributed by atoms with Gasteiger partial charge < -0.3 is 5.32 Å². The zero-order chi connectivity index (χ0) is 22.7. The molecule has 1 aromatic heterocycles. The second-order valence-corrected chi connectivity index (χ2v) is 7.60. The molecule has 0 bridgehead atoms. The van der Waals surface area contributed by atoms with Crippen LogP contribution in [0.25, 0.3) is 11.0 Å². The van der Waals surface area contributed by atoms with Crippen LogP contribution in [0.2, 0.25) is 5.02 Å². The Morgan fingerprint density at radius 2 is 1.87 bits per heavy atom. The predicted octanol–water partition coefficient (Wildman–Crippen LogP) is 4.32. The van der Waals surface area contributed by atoms with E-state index in [-0.39, 0.29) is 17.6 Å². The molecule has 0 spiro atoms. The Balaban J connectivity index is 2.17. The molecule has 0 aliphatic rings. The van der Waals surface area contributed by atoms with Gasteiger partial charge in [-0.15, -0.1) is 0 Å². The fraction of sp³-hybridized carbons (Fsp3) is 0.304. The standard InChI is InChI=1S/C23H25ClN4O3/c1-5-19(22(30)26-17-12-9-10-16(24)14(17)3)28-20-13-8-7-11-18(20)25-21(23(28)31)27(6-2)15(4)29/h7-13,19H,5-6H2,1-4H3,(H,26,30). The normalized spacial score (nSPS) is 11.9. The lowest BCUT2D eigenvalue weighted by Gasteiger charge is -2.24. The van der Waals surface area contributed by atoms with E-state index in [0.717, 1.165) is 5.56 Å². The number of benzene rings is 2. The molecule has 1 N–H and O–H groups in total. The Morgan fingerprint density at radius 1 is 1.16 bits per heavy atom. The third-order valence-corrected chi connectivity index (χ3v) is 5.67. The van der Waals surface area contributed by atoms with Crippen molar-refractivity contribution in [3.8, 4) is 0 Å². The molecular weight excluding hydrogens is 416 g/mol. The lowest BCUT2D eigenvalue weighted by molar-refractivity contribution is -0.119. The van der Waals surface area contributed by atoms with Crippen LogP contribution >= 0.6 is 11.6 Å². The molecule has 1 heterocycles. The molecule has 0 fully saturated rings. The van der Waals surface area contributed by atoms with Crippen molar-refractivity contribution < 1.29 is 9.59 Å². The minimum Gasteiger partial charge on any atom is -0.324 e. The highest BCUT2D eigenvalue weighted by atomic mass is 35.5. The van der Waals surface area contributed by atoms with E-state index >= 15 is 0 Å². The summed E-state index contributed by atoms with van der Waals surface area (Å²) in [6.45, 7) is 7.10. The van der Waals surface area contributed by atoms with Gasteiger partial charge in [-0.3, -0.25) is 23.9 Å². The van der Waals surface area contributed by atoms with Crippen molar-refractivity contribution >= 4 is 46.0 Å². The molecule has 7 nitrogen and oxygen atoms in total. The van der Waals surface area contributed by atoms with Crippen molar-refractivity contribution in [2.75, 3.05) is 16.8 Å². The third kappa shape index (κ3) is 4.32. The Labute approximate surface area is 185 Å². The van der Waals surface area contributed by atoms with Crippen molar-refractivity contribution in [3.63, 3.8) is 0 Å². The first-order valence-corrected chi connectivity index (χ1v) is 10.5.